The third-order valence-corrected chi connectivity index (χ3v) is 4.44. The van der Waals surface area contributed by atoms with Crippen LogP contribution < -0.4 is 5.32 Å². The van der Waals surface area contributed by atoms with Crippen LogP contribution in [0, 0.1) is 0 Å². The van der Waals surface area contributed by atoms with E-state index in [1.807, 2.05) is 29.6 Å². The van der Waals surface area contributed by atoms with Gasteiger partial charge in [-0.1, -0.05) is 23.7 Å². The molecule has 3 heterocycles. The van der Waals surface area contributed by atoms with Crippen LogP contribution in [0.4, 0.5) is 5.95 Å². The number of thiazole rings is 1. The van der Waals surface area contributed by atoms with Gasteiger partial charge in [-0.3, -0.25) is 15.1 Å². The average Bonchev–Trinajstić information content (AvgIpc) is 3.16. The maximum absolute atomic E-state index is 12.2. The van der Waals surface area contributed by atoms with Crippen LogP contribution in [0.1, 0.15) is 10.4 Å². The van der Waals surface area contributed by atoms with Crippen molar-refractivity contribution in [2.24, 2.45) is 0 Å². The van der Waals surface area contributed by atoms with Crippen LogP contribution in [-0.2, 0) is 0 Å². The molecule has 4 aromatic rings. The number of hydrogen-bond donors (Lipinski definition) is 1. The van der Waals surface area contributed by atoms with E-state index in [1.165, 1.54) is 17.5 Å². The molecule has 0 saturated heterocycles. The highest BCUT2D eigenvalue weighted by Gasteiger charge is 2.14. The lowest BCUT2D eigenvalue weighted by molar-refractivity contribution is 0.102. The number of carbonyl (C=O) groups is 1. The fourth-order valence-corrected chi connectivity index (χ4v) is 3.18. The first-order valence-corrected chi connectivity index (χ1v) is 8.28. The number of pyridine rings is 1. The van der Waals surface area contributed by atoms with Crippen LogP contribution in [-0.4, -0.2) is 25.5 Å². The van der Waals surface area contributed by atoms with Gasteiger partial charge in [0.15, 0.2) is 0 Å². The molecule has 4 rings (SSSR count). The van der Waals surface area contributed by atoms with E-state index in [0.29, 0.717) is 15.5 Å². The summed E-state index contributed by atoms with van der Waals surface area (Å²) in [5.74, 6) is -0.0414. The second-order valence-electron chi connectivity index (χ2n) is 4.95. The first-order valence-electron chi connectivity index (χ1n) is 7.02. The van der Waals surface area contributed by atoms with E-state index in [-0.39, 0.29) is 11.9 Å². The van der Waals surface area contributed by atoms with Gasteiger partial charge < -0.3 is 0 Å². The lowest BCUT2D eigenvalue weighted by atomic mass is 10.2. The smallest absolute Gasteiger partial charge is 0.259 e. The Balaban J connectivity index is 1.65. The second-order valence-corrected chi connectivity index (χ2v) is 6.23. The summed E-state index contributed by atoms with van der Waals surface area (Å²) in [6.45, 7) is 0. The number of nitrogens with one attached hydrogen (secondary N) is 1. The topological polar surface area (TPSA) is 72.2 Å². The van der Waals surface area contributed by atoms with Crippen molar-refractivity contribution in [3.05, 3.63) is 64.8 Å². The summed E-state index contributed by atoms with van der Waals surface area (Å²) in [7, 11) is 0. The minimum Gasteiger partial charge on any atom is -0.289 e. The molecule has 0 aliphatic rings. The monoisotopic (exact) mass is 355 g/mol. The van der Waals surface area contributed by atoms with Crippen LogP contribution in [0.3, 0.4) is 0 Å². The summed E-state index contributed by atoms with van der Waals surface area (Å²) in [6.07, 6.45) is 3.10. The Morgan fingerprint density at radius 2 is 2.04 bits per heavy atom. The molecule has 0 saturated carbocycles. The normalized spacial score (nSPS) is 10.9. The Kier molecular flexibility index (Phi) is 3.72. The molecule has 24 heavy (non-hydrogen) atoms. The molecule has 0 spiro atoms. The van der Waals surface area contributed by atoms with Gasteiger partial charge in [-0.05, 0) is 24.3 Å². The molecule has 0 unspecified atom stereocenters. The van der Waals surface area contributed by atoms with Crippen molar-refractivity contribution in [3.63, 3.8) is 0 Å². The molecule has 1 N–H and O–H groups in total. The third-order valence-electron chi connectivity index (χ3n) is 3.37. The molecular formula is C16H10ClN5OS. The number of hydrogen-bond acceptors (Lipinski definition) is 5. The standard InChI is InChI=1S/C16H10ClN5OS/c17-12-5-3-10(4-6-12)13-9-24-16-20-15(21-22(13)16)19-14(23)11-2-1-7-18-8-11/h1-9H,(H,19,21,23). The van der Waals surface area contributed by atoms with Crippen LogP contribution in [0.2, 0.25) is 5.02 Å². The Morgan fingerprint density at radius 1 is 1.21 bits per heavy atom. The summed E-state index contributed by atoms with van der Waals surface area (Å²) in [4.78, 5) is 21.1. The molecule has 1 aromatic carbocycles. The van der Waals surface area contributed by atoms with Crippen LogP contribution in [0.5, 0.6) is 0 Å². The van der Waals surface area contributed by atoms with Gasteiger partial charge in [0.2, 0.25) is 4.96 Å². The van der Waals surface area contributed by atoms with Crippen molar-refractivity contribution < 1.29 is 4.79 Å². The summed E-state index contributed by atoms with van der Waals surface area (Å²) in [5.41, 5.74) is 2.32. The number of benzene rings is 1. The molecule has 3 aromatic heterocycles. The SMILES string of the molecule is O=C(Nc1nc2scc(-c3ccc(Cl)cc3)n2n1)c1cccnc1. The van der Waals surface area contributed by atoms with Crippen molar-refractivity contribution in [3.8, 4) is 11.3 Å². The van der Waals surface area contributed by atoms with Crippen LogP contribution in [0.25, 0.3) is 16.2 Å². The van der Waals surface area contributed by atoms with Crippen molar-refractivity contribution in [1.82, 2.24) is 19.6 Å². The Morgan fingerprint density at radius 3 is 2.79 bits per heavy atom. The van der Waals surface area contributed by atoms with Crippen molar-refractivity contribution in [2.75, 3.05) is 5.32 Å². The molecule has 1 amide bonds. The molecule has 0 fully saturated rings. The number of nitrogens with zero attached hydrogens (tertiary/aromatic N) is 4. The molecule has 0 atom stereocenters. The van der Waals surface area contributed by atoms with Gasteiger partial charge in [0.05, 0.1) is 11.3 Å². The van der Waals surface area contributed by atoms with Gasteiger partial charge in [0.25, 0.3) is 11.9 Å². The summed E-state index contributed by atoms with van der Waals surface area (Å²) >= 11 is 7.38. The van der Waals surface area contributed by atoms with Crippen molar-refractivity contribution >= 4 is 39.8 Å². The zero-order valence-electron chi connectivity index (χ0n) is 12.2. The molecule has 0 aliphatic heterocycles. The highest BCUT2D eigenvalue weighted by molar-refractivity contribution is 7.15. The summed E-state index contributed by atoms with van der Waals surface area (Å²) < 4.78 is 1.70. The molecule has 118 valence electrons. The summed E-state index contributed by atoms with van der Waals surface area (Å²) in [5, 5.41) is 9.69. The minimum atomic E-state index is -0.297. The van der Waals surface area contributed by atoms with E-state index in [9.17, 15) is 4.79 Å². The number of halogens is 1. The molecule has 8 heteroatoms. The van der Waals surface area contributed by atoms with E-state index in [2.05, 4.69) is 20.4 Å². The van der Waals surface area contributed by atoms with E-state index >= 15 is 0 Å². The highest BCUT2D eigenvalue weighted by Crippen LogP contribution is 2.26. The highest BCUT2D eigenvalue weighted by atomic mass is 35.5. The lowest BCUT2D eigenvalue weighted by Crippen LogP contribution is -2.13. The van der Waals surface area contributed by atoms with Gasteiger partial charge >= 0.3 is 0 Å². The minimum absolute atomic E-state index is 0.255. The Hall–Kier alpha value is -2.77. The number of anilines is 1. The molecule has 6 nitrogen and oxygen atoms in total. The zero-order chi connectivity index (χ0) is 16.5. The fourth-order valence-electron chi connectivity index (χ4n) is 2.22. The van der Waals surface area contributed by atoms with E-state index in [1.54, 1.807) is 22.8 Å². The summed E-state index contributed by atoms with van der Waals surface area (Å²) in [6, 6.07) is 10.9. The molecule has 0 aliphatic carbocycles. The Labute approximate surface area is 145 Å². The predicted octanol–water partition coefficient (Wildman–Crippen LogP) is 3.76. The van der Waals surface area contributed by atoms with E-state index in [0.717, 1.165) is 11.3 Å². The quantitative estimate of drug-likeness (QED) is 0.607. The third kappa shape index (κ3) is 2.75. The zero-order valence-corrected chi connectivity index (χ0v) is 13.8. The number of aromatic nitrogens is 4. The fraction of sp³-hybridized carbons (Fsp3) is 0. The Bertz CT molecular complexity index is 1010. The van der Waals surface area contributed by atoms with Crippen LogP contribution in [0.15, 0.2) is 54.2 Å². The average molecular weight is 356 g/mol. The van der Waals surface area contributed by atoms with Gasteiger partial charge in [-0.15, -0.1) is 16.4 Å². The first kappa shape index (κ1) is 14.8. The van der Waals surface area contributed by atoms with Crippen LogP contribution >= 0.6 is 22.9 Å². The van der Waals surface area contributed by atoms with E-state index < -0.39 is 0 Å². The molecule has 0 bridgehead atoms. The number of amides is 1. The number of fused-ring (bicyclic) bond motifs is 1. The van der Waals surface area contributed by atoms with Gasteiger partial charge in [0, 0.05) is 28.4 Å². The second kappa shape index (κ2) is 6.03. The van der Waals surface area contributed by atoms with Gasteiger partial charge in [-0.2, -0.15) is 4.98 Å². The maximum atomic E-state index is 12.2. The van der Waals surface area contributed by atoms with Crippen molar-refractivity contribution in [2.45, 2.75) is 0 Å². The first-order chi connectivity index (χ1) is 11.7. The number of rotatable bonds is 3. The van der Waals surface area contributed by atoms with Gasteiger partial charge in [0.1, 0.15) is 0 Å². The predicted molar refractivity (Wildman–Crippen MR) is 93.5 cm³/mol. The largest absolute Gasteiger partial charge is 0.289 e. The maximum Gasteiger partial charge on any atom is 0.259 e. The lowest BCUT2D eigenvalue weighted by Gasteiger charge is -2.00. The number of carbonyl (C=O) groups excluding carboxylic acids is 1. The van der Waals surface area contributed by atoms with Gasteiger partial charge in [-0.25, -0.2) is 4.52 Å². The molecule has 0 radical (unpaired) electrons. The molecular weight excluding hydrogens is 346 g/mol. The van der Waals surface area contributed by atoms with E-state index in [4.69, 9.17) is 11.6 Å². The van der Waals surface area contributed by atoms with Crippen molar-refractivity contribution in [1.29, 1.82) is 0 Å².